The molecule has 0 heterocycles. The molecule has 142 valence electrons. The molecule has 0 unspecified atom stereocenters. The topological polar surface area (TPSA) is 97.4 Å². The summed E-state index contributed by atoms with van der Waals surface area (Å²) in [7, 11) is -3.42. The van der Waals surface area contributed by atoms with Crippen LogP contribution in [0, 0.1) is 0 Å². The van der Waals surface area contributed by atoms with Gasteiger partial charge in [0.2, 0.25) is 0 Å². The second kappa shape index (κ2) is 11.8. The van der Waals surface area contributed by atoms with Crippen molar-refractivity contribution in [2.45, 2.75) is 6.92 Å². The first-order valence-corrected chi connectivity index (χ1v) is 9.64. The third-order valence-corrected chi connectivity index (χ3v) is 3.33. The highest BCUT2D eigenvalue weighted by atomic mass is 32.2. The Kier molecular flexibility index (Phi) is 10.1. The highest BCUT2D eigenvalue weighted by molar-refractivity contribution is 7.85. The van der Waals surface area contributed by atoms with E-state index in [1.54, 1.807) is 31.2 Å². The molecule has 0 aromatic heterocycles. The van der Waals surface area contributed by atoms with Crippen LogP contribution in [0.5, 0.6) is 5.75 Å². The molecular formula is C16H24O8S. The fraction of sp³-hybridized carbons (Fsp3) is 0.562. The highest BCUT2D eigenvalue weighted by Crippen LogP contribution is 2.14. The molecule has 0 spiro atoms. The first kappa shape index (κ1) is 21.4. The van der Waals surface area contributed by atoms with Crippen LogP contribution in [0.25, 0.3) is 0 Å². The van der Waals surface area contributed by atoms with Gasteiger partial charge in [0.25, 0.3) is 10.1 Å². The molecule has 0 bridgehead atoms. The number of carbonyl (C=O) groups is 1. The van der Waals surface area contributed by atoms with E-state index in [1.807, 2.05) is 0 Å². The van der Waals surface area contributed by atoms with Crippen LogP contribution in [-0.2, 0) is 28.5 Å². The number of ether oxygens (including phenoxy) is 4. The van der Waals surface area contributed by atoms with E-state index in [-0.39, 0.29) is 19.2 Å². The number of rotatable bonds is 13. The van der Waals surface area contributed by atoms with Crippen LogP contribution in [0.4, 0.5) is 0 Å². The first-order chi connectivity index (χ1) is 11.9. The van der Waals surface area contributed by atoms with Crippen LogP contribution < -0.4 is 4.74 Å². The number of esters is 1. The molecule has 0 saturated carbocycles. The van der Waals surface area contributed by atoms with Gasteiger partial charge in [0.1, 0.15) is 12.4 Å². The lowest BCUT2D eigenvalue weighted by Gasteiger charge is -2.09. The van der Waals surface area contributed by atoms with Crippen molar-refractivity contribution in [3.05, 3.63) is 29.8 Å². The van der Waals surface area contributed by atoms with E-state index < -0.39 is 10.1 Å². The molecule has 0 atom stereocenters. The predicted molar refractivity (Wildman–Crippen MR) is 90.3 cm³/mol. The van der Waals surface area contributed by atoms with Gasteiger partial charge in [0.05, 0.1) is 51.5 Å². The van der Waals surface area contributed by atoms with Crippen molar-refractivity contribution in [3.63, 3.8) is 0 Å². The Labute approximate surface area is 148 Å². The van der Waals surface area contributed by atoms with Crippen molar-refractivity contribution in [2.24, 2.45) is 0 Å². The molecule has 1 rings (SSSR count). The number of benzene rings is 1. The first-order valence-electron chi connectivity index (χ1n) is 7.82. The van der Waals surface area contributed by atoms with Crippen LogP contribution >= 0.6 is 0 Å². The monoisotopic (exact) mass is 376 g/mol. The quantitative estimate of drug-likeness (QED) is 0.288. The molecule has 0 saturated heterocycles. The lowest BCUT2D eigenvalue weighted by Crippen LogP contribution is -2.14. The van der Waals surface area contributed by atoms with E-state index in [9.17, 15) is 13.2 Å². The number of hydrogen-bond acceptors (Lipinski definition) is 8. The van der Waals surface area contributed by atoms with Gasteiger partial charge in [-0.3, -0.25) is 4.18 Å². The maximum atomic E-state index is 11.6. The van der Waals surface area contributed by atoms with Gasteiger partial charge < -0.3 is 18.9 Å². The van der Waals surface area contributed by atoms with Crippen LogP contribution in [0.15, 0.2) is 24.3 Å². The van der Waals surface area contributed by atoms with E-state index >= 15 is 0 Å². The Morgan fingerprint density at radius 1 is 1.00 bits per heavy atom. The van der Waals surface area contributed by atoms with Crippen LogP contribution in [-0.4, -0.2) is 66.9 Å². The smallest absolute Gasteiger partial charge is 0.338 e. The zero-order chi connectivity index (χ0) is 18.5. The lowest BCUT2D eigenvalue weighted by molar-refractivity contribution is 0.0280. The summed E-state index contributed by atoms with van der Waals surface area (Å²) in [6.07, 6.45) is 0.985. The minimum atomic E-state index is -3.42. The average molecular weight is 376 g/mol. The Balaban J connectivity index is 2.08. The fourth-order valence-corrected chi connectivity index (χ4v) is 2.08. The van der Waals surface area contributed by atoms with Crippen LogP contribution in [0.1, 0.15) is 17.3 Å². The van der Waals surface area contributed by atoms with Crippen molar-refractivity contribution in [1.29, 1.82) is 0 Å². The number of carbonyl (C=O) groups excluding carboxylic acids is 1. The largest absolute Gasteiger partial charge is 0.491 e. The maximum Gasteiger partial charge on any atom is 0.338 e. The molecule has 0 aliphatic carbocycles. The van der Waals surface area contributed by atoms with Gasteiger partial charge in [-0.2, -0.15) is 8.42 Å². The summed E-state index contributed by atoms with van der Waals surface area (Å²) in [6.45, 7) is 3.58. The summed E-state index contributed by atoms with van der Waals surface area (Å²) >= 11 is 0. The second-order valence-electron chi connectivity index (χ2n) is 4.85. The van der Waals surface area contributed by atoms with Gasteiger partial charge in [-0.05, 0) is 25.1 Å². The van der Waals surface area contributed by atoms with Crippen LogP contribution in [0.2, 0.25) is 0 Å². The van der Waals surface area contributed by atoms with Crippen molar-refractivity contribution >= 4 is 16.1 Å². The summed E-state index contributed by atoms with van der Waals surface area (Å²) in [5.41, 5.74) is 0.435. The molecule has 9 heteroatoms. The van der Waals surface area contributed by atoms with Crippen molar-refractivity contribution in [2.75, 3.05) is 52.5 Å². The lowest BCUT2D eigenvalue weighted by atomic mass is 10.2. The molecular weight excluding hydrogens is 352 g/mol. The van der Waals surface area contributed by atoms with Crippen molar-refractivity contribution in [1.82, 2.24) is 0 Å². The molecule has 25 heavy (non-hydrogen) atoms. The molecule has 0 aliphatic rings. The van der Waals surface area contributed by atoms with Crippen molar-refractivity contribution < 1.29 is 36.3 Å². The van der Waals surface area contributed by atoms with Gasteiger partial charge in [-0.1, -0.05) is 6.07 Å². The molecule has 0 amide bonds. The Bertz CT molecular complexity index is 614. The summed E-state index contributed by atoms with van der Waals surface area (Å²) < 4.78 is 46.8. The zero-order valence-corrected chi connectivity index (χ0v) is 15.2. The molecule has 0 fully saturated rings. The molecule has 8 nitrogen and oxygen atoms in total. The average Bonchev–Trinajstić information content (AvgIpc) is 2.56. The summed E-state index contributed by atoms with van der Waals surface area (Å²) in [5, 5.41) is 0. The van der Waals surface area contributed by atoms with Gasteiger partial charge in [0, 0.05) is 0 Å². The summed E-state index contributed by atoms with van der Waals surface area (Å²) in [5.74, 6) is 0.171. The molecule has 0 aliphatic heterocycles. The number of hydrogen-bond donors (Lipinski definition) is 0. The maximum absolute atomic E-state index is 11.6. The summed E-state index contributed by atoms with van der Waals surface area (Å²) in [6, 6.07) is 6.73. The SMILES string of the molecule is CCOC(=O)c1cccc(OCCOCCOCCOS(C)(=O)=O)c1. The van der Waals surface area contributed by atoms with E-state index in [0.717, 1.165) is 6.26 Å². The van der Waals surface area contributed by atoms with Gasteiger partial charge >= 0.3 is 5.97 Å². The van der Waals surface area contributed by atoms with Gasteiger partial charge in [-0.15, -0.1) is 0 Å². The van der Waals surface area contributed by atoms with Gasteiger partial charge in [0.15, 0.2) is 0 Å². The minimum absolute atomic E-state index is 0.0151. The second-order valence-corrected chi connectivity index (χ2v) is 6.49. The Hall–Kier alpha value is -1.68. The molecule has 1 aromatic carbocycles. The fourth-order valence-electron chi connectivity index (χ4n) is 1.71. The molecule has 0 radical (unpaired) electrons. The zero-order valence-electron chi connectivity index (χ0n) is 14.4. The van der Waals surface area contributed by atoms with E-state index in [4.69, 9.17) is 18.9 Å². The third kappa shape index (κ3) is 10.7. The van der Waals surface area contributed by atoms with Crippen molar-refractivity contribution in [3.8, 4) is 5.75 Å². The van der Waals surface area contributed by atoms with Crippen LogP contribution in [0.3, 0.4) is 0 Å². The van der Waals surface area contributed by atoms with Gasteiger partial charge in [-0.25, -0.2) is 4.79 Å². The minimum Gasteiger partial charge on any atom is -0.491 e. The standard InChI is InChI=1S/C16H24O8S/c1-3-22-16(17)14-5-4-6-15(13-14)23-11-9-20-7-8-21-10-12-24-25(2,18)19/h4-6,13H,3,7-12H2,1-2H3. The Morgan fingerprint density at radius 3 is 2.28 bits per heavy atom. The predicted octanol–water partition coefficient (Wildman–Crippen LogP) is 1.25. The molecule has 1 aromatic rings. The Morgan fingerprint density at radius 2 is 1.64 bits per heavy atom. The van der Waals surface area contributed by atoms with E-state index in [0.29, 0.717) is 44.3 Å². The highest BCUT2D eigenvalue weighted by Gasteiger charge is 2.07. The summed E-state index contributed by atoms with van der Waals surface area (Å²) in [4.78, 5) is 11.6. The third-order valence-electron chi connectivity index (χ3n) is 2.74. The van der Waals surface area contributed by atoms with E-state index in [1.165, 1.54) is 0 Å². The molecule has 0 N–H and O–H groups in total. The van der Waals surface area contributed by atoms with E-state index in [2.05, 4.69) is 4.18 Å². The normalized spacial score (nSPS) is 11.3.